The molecule has 1 aromatic heterocycles. The molecule has 2 heterocycles. The van der Waals surface area contributed by atoms with E-state index in [-0.39, 0.29) is 54.8 Å². The third kappa shape index (κ3) is 4.51. The third-order valence-corrected chi connectivity index (χ3v) is 11.6. The Morgan fingerprint density at radius 3 is 2.77 bits per heavy atom. The predicted octanol–water partition coefficient (Wildman–Crippen LogP) is 2.59. The summed E-state index contributed by atoms with van der Waals surface area (Å²) in [4.78, 5) is 55.1. The lowest BCUT2D eigenvalue weighted by Gasteiger charge is -2.60. The number of hydrogen-bond donors (Lipinski definition) is 3. The molecule has 3 N–H and O–H groups in total. The maximum Gasteiger partial charge on any atom is 0.338 e. The van der Waals surface area contributed by atoms with Gasteiger partial charge in [0.15, 0.2) is 11.4 Å². The van der Waals surface area contributed by atoms with Crippen LogP contribution in [0, 0.1) is 35.5 Å². The Kier molecular flexibility index (Phi) is 7.23. The second kappa shape index (κ2) is 10.4. The van der Waals surface area contributed by atoms with Crippen LogP contribution >= 0.6 is 0 Å². The largest absolute Gasteiger partial charge is 0.461 e. The number of hydrogen-bond acceptors (Lipinski definition) is 9. The van der Waals surface area contributed by atoms with Crippen molar-refractivity contribution in [2.75, 3.05) is 6.61 Å². The third-order valence-electron chi connectivity index (χ3n) is 11.6. The fourth-order valence-corrected chi connectivity index (χ4v) is 9.33. The molecule has 13 heteroatoms. The van der Waals surface area contributed by atoms with Gasteiger partial charge in [-0.15, -0.1) is 0 Å². The maximum atomic E-state index is 13.7. The molecule has 0 spiro atoms. The molecule has 3 saturated carbocycles. The number of aliphatic hydroxyl groups is 2. The zero-order valence-corrected chi connectivity index (χ0v) is 24.7. The first-order valence-corrected chi connectivity index (χ1v) is 15.2. The highest BCUT2D eigenvalue weighted by atomic mass is 16.6. The summed E-state index contributed by atoms with van der Waals surface area (Å²) in [6.45, 7) is 5.27. The molecule has 10 atom stereocenters. The summed E-state index contributed by atoms with van der Waals surface area (Å²) in [5.74, 6) is -0.630. The van der Waals surface area contributed by atoms with Crippen molar-refractivity contribution in [1.82, 2.24) is 9.55 Å². The number of azide groups is 1. The van der Waals surface area contributed by atoms with Crippen molar-refractivity contribution in [3.05, 3.63) is 54.7 Å². The first kappa shape index (κ1) is 29.8. The number of rotatable bonds is 5. The fraction of sp³-hybridized carbons (Fsp3) is 0.733. The number of fused-ring (bicyclic) bond motifs is 5. The van der Waals surface area contributed by atoms with E-state index in [4.69, 9.17) is 15.0 Å². The van der Waals surface area contributed by atoms with Crippen molar-refractivity contribution in [3.63, 3.8) is 0 Å². The molecule has 1 saturated heterocycles. The van der Waals surface area contributed by atoms with E-state index in [2.05, 4.69) is 21.9 Å². The lowest BCUT2D eigenvalue weighted by molar-refractivity contribution is -0.202. The summed E-state index contributed by atoms with van der Waals surface area (Å²) in [7, 11) is 0. The van der Waals surface area contributed by atoms with Gasteiger partial charge < -0.3 is 19.7 Å². The van der Waals surface area contributed by atoms with Gasteiger partial charge in [-0.3, -0.25) is 19.1 Å². The molecule has 0 aromatic carbocycles. The van der Waals surface area contributed by atoms with Crippen LogP contribution in [-0.2, 0) is 19.1 Å². The Bertz CT molecular complexity index is 1550. The molecule has 13 nitrogen and oxygen atoms in total. The number of nitrogens with one attached hydrogen (secondary N) is 1. The van der Waals surface area contributed by atoms with E-state index >= 15 is 0 Å². The first-order valence-electron chi connectivity index (χ1n) is 15.2. The van der Waals surface area contributed by atoms with Gasteiger partial charge in [-0.25, -0.2) is 9.59 Å². The van der Waals surface area contributed by atoms with Gasteiger partial charge in [0.2, 0.25) is 0 Å². The van der Waals surface area contributed by atoms with E-state index in [0.29, 0.717) is 24.8 Å². The minimum atomic E-state index is -1.83. The van der Waals surface area contributed by atoms with Crippen molar-refractivity contribution >= 4 is 11.8 Å². The van der Waals surface area contributed by atoms with Crippen molar-refractivity contribution in [1.29, 1.82) is 0 Å². The number of ketones is 1. The molecule has 4 aliphatic carbocycles. The number of aryl methyl sites for hydroxylation is 1. The minimum Gasteiger partial charge on any atom is -0.461 e. The highest BCUT2D eigenvalue weighted by Crippen LogP contribution is 2.67. The molecule has 1 aromatic rings. The second-order valence-electron chi connectivity index (χ2n) is 13.7. The zero-order chi connectivity index (χ0) is 30.9. The van der Waals surface area contributed by atoms with Crippen LogP contribution in [0.15, 0.2) is 32.5 Å². The van der Waals surface area contributed by atoms with Crippen molar-refractivity contribution < 1.29 is 29.3 Å². The van der Waals surface area contributed by atoms with E-state index in [9.17, 15) is 29.4 Å². The van der Waals surface area contributed by atoms with Gasteiger partial charge in [0.25, 0.3) is 5.56 Å². The predicted molar refractivity (Wildman–Crippen MR) is 152 cm³/mol. The van der Waals surface area contributed by atoms with Crippen LogP contribution in [0.2, 0.25) is 0 Å². The van der Waals surface area contributed by atoms with Crippen LogP contribution in [0.5, 0.6) is 0 Å². The smallest absolute Gasteiger partial charge is 0.338 e. The molecular weight excluding hydrogens is 558 g/mol. The average Bonchev–Trinajstić information content (AvgIpc) is 3.47. The number of H-pyrrole nitrogens is 1. The number of allylic oxidation sites excluding steroid dienone is 1. The monoisotopic (exact) mass is 597 g/mol. The summed E-state index contributed by atoms with van der Waals surface area (Å²) in [5, 5.41) is 27.4. The maximum absolute atomic E-state index is 13.7. The zero-order valence-electron chi connectivity index (χ0n) is 24.7. The molecule has 6 rings (SSSR count). The normalized spacial score (nSPS) is 41.8. The molecule has 43 heavy (non-hydrogen) atoms. The topological polar surface area (TPSA) is 197 Å². The Morgan fingerprint density at radius 1 is 1.26 bits per heavy atom. The number of ether oxygens (including phenoxy) is 2. The summed E-state index contributed by atoms with van der Waals surface area (Å²) in [5.41, 5.74) is 6.31. The number of carbonyl (C=O) groups excluding carboxylic acids is 2. The van der Waals surface area contributed by atoms with E-state index in [1.807, 2.05) is 6.92 Å². The highest BCUT2D eigenvalue weighted by molar-refractivity contribution is 5.91. The molecule has 1 aliphatic heterocycles. The van der Waals surface area contributed by atoms with E-state index in [1.54, 1.807) is 13.0 Å². The van der Waals surface area contributed by atoms with Gasteiger partial charge >= 0.3 is 11.7 Å². The van der Waals surface area contributed by atoms with Gasteiger partial charge in [-0.05, 0) is 80.2 Å². The van der Waals surface area contributed by atoms with Gasteiger partial charge in [0.05, 0.1) is 12.1 Å². The number of aromatic nitrogens is 2. The molecule has 4 fully saturated rings. The number of nitrogens with zero attached hydrogens (tertiary/aromatic N) is 4. The second-order valence-corrected chi connectivity index (χ2v) is 13.7. The van der Waals surface area contributed by atoms with Gasteiger partial charge in [-0.2, -0.15) is 0 Å². The van der Waals surface area contributed by atoms with Crippen LogP contribution < -0.4 is 11.2 Å². The molecule has 0 bridgehead atoms. The Labute approximate surface area is 247 Å². The van der Waals surface area contributed by atoms with E-state index in [1.165, 1.54) is 10.8 Å². The van der Waals surface area contributed by atoms with E-state index in [0.717, 1.165) is 18.4 Å². The van der Waals surface area contributed by atoms with Crippen molar-refractivity contribution in [3.8, 4) is 0 Å². The number of esters is 1. The van der Waals surface area contributed by atoms with Gasteiger partial charge in [-0.1, -0.05) is 24.5 Å². The van der Waals surface area contributed by atoms with Crippen LogP contribution in [0.1, 0.15) is 77.0 Å². The number of aromatic amines is 1. The Morgan fingerprint density at radius 2 is 2.02 bits per heavy atom. The Balaban J connectivity index is 1.19. The standard InChI is InChI=1S/C30H39N5O8/c1-15-13-35(27(40)32-25(15)38)23-11-20(33-34-31)22(43-23)14-42-26(39)30(41)9-7-19-18-5-4-16-10-17(36)6-8-28(16,2)24(18)21(37)12-29(19,30)3/h10,13,18-24,37,41H,4-9,11-12,14H2,1-3H3,(H,32,38,40)/t18-,19-,20?,21?,22?,23?,24+,28-,29-,30?/m0/s1. The van der Waals surface area contributed by atoms with E-state index < -0.39 is 52.7 Å². The van der Waals surface area contributed by atoms with Crippen LogP contribution in [0.3, 0.4) is 0 Å². The lowest BCUT2D eigenvalue weighted by Crippen LogP contribution is -2.62. The summed E-state index contributed by atoms with van der Waals surface area (Å²) < 4.78 is 12.9. The van der Waals surface area contributed by atoms with Gasteiger partial charge in [0, 0.05) is 34.9 Å². The lowest BCUT2D eigenvalue weighted by atomic mass is 9.45. The number of carbonyl (C=O) groups is 2. The summed E-state index contributed by atoms with van der Waals surface area (Å²) in [6, 6.07) is -0.756. The van der Waals surface area contributed by atoms with Gasteiger partial charge in [0.1, 0.15) is 18.9 Å². The fourth-order valence-electron chi connectivity index (χ4n) is 9.33. The molecule has 232 valence electrons. The summed E-state index contributed by atoms with van der Waals surface area (Å²) >= 11 is 0. The quantitative estimate of drug-likeness (QED) is 0.199. The van der Waals surface area contributed by atoms with Crippen molar-refractivity contribution in [2.45, 2.75) is 102 Å². The highest BCUT2D eigenvalue weighted by Gasteiger charge is 2.69. The van der Waals surface area contributed by atoms with Crippen LogP contribution in [0.25, 0.3) is 10.4 Å². The van der Waals surface area contributed by atoms with Crippen LogP contribution in [0.4, 0.5) is 0 Å². The molecule has 0 amide bonds. The number of aliphatic hydroxyl groups excluding tert-OH is 1. The summed E-state index contributed by atoms with van der Waals surface area (Å²) in [6.07, 6.45) is 4.54. The molecule has 5 aliphatic rings. The molecular formula is C30H39N5O8. The Hall–Kier alpha value is -3.25. The SMILES string of the molecule is Cc1cn(C2CC(N=[N+]=[N-])C(COC(=O)C3(O)CC[C@H]4[C@@H]5CCC6=CC(=O)CC[C@]6(C)[C@H]5C(O)C[C@@]43C)O2)c(=O)[nH]c1=O. The van der Waals surface area contributed by atoms with Crippen LogP contribution in [-0.4, -0.2) is 62.0 Å². The molecule has 5 unspecified atom stereocenters. The average molecular weight is 598 g/mol. The first-order chi connectivity index (χ1) is 20.3. The minimum absolute atomic E-state index is 0.00662. The van der Waals surface area contributed by atoms with Crippen molar-refractivity contribution in [2.24, 2.45) is 33.7 Å². The molecule has 0 radical (unpaired) electrons.